The molecular formula is C45H64N4O10. The molecule has 14 nitrogen and oxygen atoms in total. The van der Waals surface area contributed by atoms with Gasteiger partial charge in [0.2, 0.25) is 5.91 Å². The molecule has 2 spiro atoms. The number of hydrogen-bond acceptors (Lipinski definition) is 10. The average molecular weight is 821 g/mol. The van der Waals surface area contributed by atoms with Crippen LogP contribution in [0, 0.1) is 0 Å². The number of ether oxygens (including phenoxy) is 4. The molecule has 2 aromatic carbocycles. The van der Waals surface area contributed by atoms with Crippen molar-refractivity contribution in [2.45, 2.75) is 155 Å². The van der Waals surface area contributed by atoms with Gasteiger partial charge < -0.3 is 33.9 Å². The second-order valence-electron chi connectivity index (χ2n) is 20.1. The molecule has 0 saturated carbocycles. The zero-order valence-electron chi connectivity index (χ0n) is 37.2. The Kier molecular flexibility index (Phi) is 12.0. The fraction of sp³-hybridized carbons (Fsp3) is 0.622. The van der Waals surface area contributed by atoms with Crippen molar-refractivity contribution in [2.24, 2.45) is 0 Å². The van der Waals surface area contributed by atoms with E-state index < -0.39 is 51.1 Å². The minimum absolute atomic E-state index is 0.281. The minimum Gasteiger partial charge on any atom is -0.444 e. The molecule has 5 amide bonds. The maximum absolute atomic E-state index is 13.5. The highest BCUT2D eigenvalue weighted by molar-refractivity contribution is 6.21. The number of piperidine rings is 2. The Balaban J connectivity index is 0.000000224. The van der Waals surface area contributed by atoms with Gasteiger partial charge in [0.25, 0.3) is 0 Å². The number of para-hydroxylation sites is 2. The molecule has 14 heteroatoms. The van der Waals surface area contributed by atoms with Gasteiger partial charge >= 0.3 is 24.4 Å². The number of carbonyl (C=O) groups is 5. The number of benzene rings is 2. The lowest BCUT2D eigenvalue weighted by molar-refractivity contribution is -0.124. The third-order valence-electron chi connectivity index (χ3n) is 11.0. The van der Waals surface area contributed by atoms with E-state index in [9.17, 15) is 29.1 Å². The van der Waals surface area contributed by atoms with Gasteiger partial charge in [-0.15, -0.1) is 0 Å². The SMILES string of the molecule is CC(C)(C)OC(=O)N1CCC2(CC1)C(=O)N(C(=O)OC(C)(C)C)c1ccccc12.CC(C)(C)OC(=O)N1CCC2(CC1)c1ccccc1N(C(=O)OC(C)(C)C)C2(C)O. The van der Waals surface area contributed by atoms with Crippen LogP contribution in [-0.4, -0.2) is 99.5 Å². The summed E-state index contributed by atoms with van der Waals surface area (Å²) >= 11 is 0. The lowest BCUT2D eigenvalue weighted by atomic mass is 9.68. The van der Waals surface area contributed by atoms with Gasteiger partial charge in [0, 0.05) is 31.6 Å². The average Bonchev–Trinajstić information content (AvgIpc) is 3.43. The fourth-order valence-corrected chi connectivity index (χ4v) is 8.38. The van der Waals surface area contributed by atoms with Crippen molar-refractivity contribution in [2.75, 3.05) is 36.0 Å². The van der Waals surface area contributed by atoms with Crippen molar-refractivity contribution in [1.29, 1.82) is 0 Å². The molecule has 1 unspecified atom stereocenters. The van der Waals surface area contributed by atoms with Crippen molar-refractivity contribution >= 4 is 41.7 Å². The van der Waals surface area contributed by atoms with Crippen LogP contribution in [0.4, 0.5) is 30.6 Å². The number of carbonyl (C=O) groups excluding carboxylic acids is 5. The molecule has 4 aliphatic heterocycles. The highest BCUT2D eigenvalue weighted by atomic mass is 16.6. The van der Waals surface area contributed by atoms with E-state index in [0.29, 0.717) is 63.2 Å². The maximum atomic E-state index is 13.5. The molecule has 4 heterocycles. The summed E-state index contributed by atoms with van der Waals surface area (Å²) in [5.74, 6) is -0.281. The summed E-state index contributed by atoms with van der Waals surface area (Å²) in [6.45, 7) is 25.0. The Morgan fingerprint density at radius 2 is 0.915 bits per heavy atom. The van der Waals surface area contributed by atoms with Crippen molar-refractivity contribution in [3.05, 3.63) is 59.7 Å². The number of amides is 5. The van der Waals surface area contributed by atoms with E-state index in [0.717, 1.165) is 16.0 Å². The van der Waals surface area contributed by atoms with Gasteiger partial charge in [0.15, 0.2) is 5.72 Å². The Morgan fingerprint density at radius 1 is 0.542 bits per heavy atom. The molecule has 6 rings (SSSR count). The zero-order chi connectivity index (χ0) is 44.1. The number of likely N-dealkylation sites (tertiary alicyclic amines) is 2. The predicted octanol–water partition coefficient (Wildman–Crippen LogP) is 8.66. The lowest BCUT2D eigenvalue weighted by Gasteiger charge is -2.48. The van der Waals surface area contributed by atoms with Crippen LogP contribution in [0.25, 0.3) is 0 Å². The van der Waals surface area contributed by atoms with Crippen LogP contribution in [-0.2, 0) is 34.6 Å². The monoisotopic (exact) mass is 820 g/mol. The molecule has 2 fully saturated rings. The van der Waals surface area contributed by atoms with Gasteiger partial charge in [-0.05, 0) is 139 Å². The first-order valence-electron chi connectivity index (χ1n) is 20.5. The number of hydrogen-bond donors (Lipinski definition) is 1. The maximum Gasteiger partial charge on any atom is 0.421 e. The standard InChI is InChI=1S/C23H34N2O5.C22H30N2O5/c1-20(2,3)29-18(26)24-14-12-23(13-15-24)16-10-8-9-11-17(16)25(22(23,7)28)19(27)30-21(4,5)6;1-20(2,3)28-18(26)23-13-11-22(12-14-23)15-9-7-8-10-16(15)24(17(22)25)19(27)29-21(4,5)6/h8-11,28H,12-15H2,1-7H3;7-10H,11-14H2,1-6H3. The van der Waals surface area contributed by atoms with E-state index in [1.807, 2.05) is 77.9 Å². The number of imide groups is 1. The first-order chi connectivity index (χ1) is 27.0. The van der Waals surface area contributed by atoms with Gasteiger partial charge in [0.05, 0.1) is 16.8 Å². The van der Waals surface area contributed by atoms with Gasteiger partial charge in [0.1, 0.15) is 22.4 Å². The molecule has 2 saturated heterocycles. The molecule has 0 bridgehead atoms. The topological polar surface area (TPSA) is 155 Å². The van der Waals surface area contributed by atoms with Crippen LogP contribution in [0.15, 0.2) is 48.5 Å². The van der Waals surface area contributed by atoms with E-state index in [1.54, 1.807) is 70.4 Å². The van der Waals surface area contributed by atoms with E-state index in [1.165, 1.54) is 4.90 Å². The summed E-state index contributed by atoms with van der Waals surface area (Å²) < 4.78 is 22.0. The van der Waals surface area contributed by atoms with Gasteiger partial charge in [-0.3, -0.25) is 4.79 Å². The Bertz CT molecular complexity index is 1930. The molecule has 0 aliphatic carbocycles. The first-order valence-corrected chi connectivity index (χ1v) is 20.5. The summed E-state index contributed by atoms with van der Waals surface area (Å²) in [4.78, 5) is 70.0. The van der Waals surface area contributed by atoms with Crippen LogP contribution in [0.1, 0.15) is 127 Å². The van der Waals surface area contributed by atoms with Crippen molar-refractivity contribution < 1.29 is 48.0 Å². The van der Waals surface area contributed by atoms with Crippen LogP contribution in [0.5, 0.6) is 0 Å². The van der Waals surface area contributed by atoms with Crippen molar-refractivity contribution in [3.8, 4) is 0 Å². The Labute approximate surface area is 349 Å². The van der Waals surface area contributed by atoms with E-state index in [2.05, 4.69) is 0 Å². The van der Waals surface area contributed by atoms with E-state index in [-0.39, 0.29) is 18.1 Å². The number of rotatable bonds is 0. The molecule has 1 atom stereocenters. The van der Waals surface area contributed by atoms with Crippen molar-refractivity contribution in [1.82, 2.24) is 9.80 Å². The van der Waals surface area contributed by atoms with E-state index in [4.69, 9.17) is 18.9 Å². The third-order valence-corrected chi connectivity index (χ3v) is 11.0. The fourth-order valence-electron chi connectivity index (χ4n) is 8.38. The molecule has 0 aromatic heterocycles. The molecule has 59 heavy (non-hydrogen) atoms. The summed E-state index contributed by atoms with van der Waals surface area (Å²) in [5.41, 5.74) is -2.59. The molecule has 0 radical (unpaired) electrons. The summed E-state index contributed by atoms with van der Waals surface area (Å²) in [7, 11) is 0. The first kappa shape index (κ1) is 45.2. The molecule has 1 N–H and O–H groups in total. The number of fused-ring (bicyclic) bond motifs is 4. The van der Waals surface area contributed by atoms with Gasteiger partial charge in [-0.2, -0.15) is 0 Å². The summed E-state index contributed by atoms with van der Waals surface area (Å²) in [5, 5.41) is 11.7. The number of nitrogens with zero attached hydrogens (tertiary/aromatic N) is 4. The number of aliphatic hydroxyl groups is 1. The normalized spacial score (nSPS) is 21.0. The Morgan fingerprint density at radius 3 is 1.37 bits per heavy atom. The van der Waals surface area contributed by atoms with Crippen LogP contribution in [0.2, 0.25) is 0 Å². The minimum atomic E-state index is -1.49. The lowest BCUT2D eigenvalue weighted by Crippen LogP contribution is -2.62. The third kappa shape index (κ3) is 9.32. The van der Waals surface area contributed by atoms with Gasteiger partial charge in [-0.1, -0.05) is 36.4 Å². The quantitative estimate of drug-likeness (QED) is 0.255. The highest BCUT2D eigenvalue weighted by Gasteiger charge is 2.62. The summed E-state index contributed by atoms with van der Waals surface area (Å²) in [6.07, 6.45) is -0.0939. The molecule has 4 aliphatic rings. The van der Waals surface area contributed by atoms with E-state index >= 15 is 0 Å². The Hall–Kier alpha value is -4.85. The summed E-state index contributed by atoms with van der Waals surface area (Å²) in [6, 6.07) is 14.9. The highest BCUT2D eigenvalue weighted by Crippen LogP contribution is 2.56. The van der Waals surface area contributed by atoms with Crippen LogP contribution >= 0.6 is 0 Å². The smallest absolute Gasteiger partial charge is 0.421 e. The number of anilines is 2. The zero-order valence-corrected chi connectivity index (χ0v) is 37.2. The van der Waals surface area contributed by atoms with Crippen molar-refractivity contribution in [3.63, 3.8) is 0 Å². The second kappa shape index (κ2) is 15.6. The van der Waals surface area contributed by atoms with Gasteiger partial charge in [-0.25, -0.2) is 29.0 Å². The van der Waals surface area contributed by atoms with Crippen LogP contribution < -0.4 is 9.80 Å². The van der Waals surface area contributed by atoms with Crippen LogP contribution in [0.3, 0.4) is 0 Å². The largest absolute Gasteiger partial charge is 0.444 e. The molecule has 324 valence electrons. The second-order valence-corrected chi connectivity index (χ2v) is 20.1. The predicted molar refractivity (Wildman–Crippen MR) is 223 cm³/mol. The molecular weight excluding hydrogens is 757 g/mol. The molecule has 2 aromatic rings.